The molecule has 0 aliphatic carbocycles. The van der Waals surface area contributed by atoms with E-state index in [9.17, 15) is 4.39 Å². The van der Waals surface area contributed by atoms with Crippen molar-refractivity contribution in [2.45, 2.75) is 45.1 Å². The van der Waals surface area contributed by atoms with Crippen molar-refractivity contribution in [3.05, 3.63) is 29.8 Å². The van der Waals surface area contributed by atoms with Gasteiger partial charge in [0.15, 0.2) is 5.82 Å². The first kappa shape index (κ1) is 13.6. The Bertz CT molecular complexity index is 624. The standard InChI is InChI=1S/C16H22FN3/c1-11(2)20-13-6-4-5-12(17)14(13)19-15(20)16(3)7-9-18-10-8-16/h4-6,11,18H,7-10H2,1-3H3. The van der Waals surface area contributed by atoms with Crippen molar-refractivity contribution in [3.63, 3.8) is 0 Å². The number of hydrogen-bond donors (Lipinski definition) is 1. The van der Waals surface area contributed by atoms with E-state index >= 15 is 0 Å². The summed E-state index contributed by atoms with van der Waals surface area (Å²) >= 11 is 0. The van der Waals surface area contributed by atoms with Gasteiger partial charge in [-0.1, -0.05) is 13.0 Å². The third kappa shape index (κ3) is 2.03. The molecule has 1 aliphatic rings. The van der Waals surface area contributed by atoms with Gasteiger partial charge in [-0.15, -0.1) is 0 Å². The van der Waals surface area contributed by atoms with Crippen molar-refractivity contribution in [1.29, 1.82) is 0 Å². The van der Waals surface area contributed by atoms with E-state index in [-0.39, 0.29) is 17.3 Å². The molecule has 3 nitrogen and oxygen atoms in total. The predicted molar refractivity (Wildman–Crippen MR) is 79.5 cm³/mol. The van der Waals surface area contributed by atoms with Crippen LogP contribution in [0.3, 0.4) is 0 Å². The van der Waals surface area contributed by atoms with Crippen LogP contribution in [-0.4, -0.2) is 22.6 Å². The fourth-order valence-corrected chi connectivity index (χ4v) is 3.23. The van der Waals surface area contributed by atoms with E-state index in [2.05, 4.69) is 35.6 Å². The highest BCUT2D eigenvalue weighted by Gasteiger charge is 2.34. The average Bonchev–Trinajstić information content (AvgIpc) is 2.81. The van der Waals surface area contributed by atoms with Gasteiger partial charge in [0.25, 0.3) is 0 Å². The van der Waals surface area contributed by atoms with Crippen LogP contribution in [-0.2, 0) is 5.41 Å². The number of halogens is 1. The highest BCUT2D eigenvalue weighted by atomic mass is 19.1. The molecule has 0 spiro atoms. The molecule has 2 aromatic rings. The predicted octanol–water partition coefficient (Wildman–Crippen LogP) is 3.40. The number of piperidine rings is 1. The van der Waals surface area contributed by atoms with Gasteiger partial charge >= 0.3 is 0 Å². The van der Waals surface area contributed by atoms with Crippen LogP contribution in [0.2, 0.25) is 0 Å². The Hall–Kier alpha value is -1.42. The van der Waals surface area contributed by atoms with E-state index in [1.54, 1.807) is 6.07 Å². The van der Waals surface area contributed by atoms with Crippen molar-refractivity contribution in [2.75, 3.05) is 13.1 Å². The van der Waals surface area contributed by atoms with Gasteiger partial charge in [-0.25, -0.2) is 9.37 Å². The molecule has 3 rings (SSSR count). The Morgan fingerprint density at radius 3 is 2.65 bits per heavy atom. The van der Waals surface area contributed by atoms with Crippen molar-refractivity contribution < 1.29 is 4.39 Å². The maximum absolute atomic E-state index is 14.0. The highest BCUT2D eigenvalue weighted by Crippen LogP contribution is 2.36. The SMILES string of the molecule is CC(C)n1c(C2(C)CCNCC2)nc2c(F)cccc21. The molecule has 0 atom stereocenters. The monoisotopic (exact) mass is 275 g/mol. The van der Waals surface area contributed by atoms with Crippen molar-refractivity contribution in [1.82, 2.24) is 14.9 Å². The Morgan fingerprint density at radius 2 is 2.00 bits per heavy atom. The minimum absolute atomic E-state index is 0.0288. The lowest BCUT2D eigenvalue weighted by molar-refractivity contribution is 0.305. The van der Waals surface area contributed by atoms with Gasteiger partial charge in [-0.2, -0.15) is 0 Å². The fraction of sp³-hybridized carbons (Fsp3) is 0.562. The quantitative estimate of drug-likeness (QED) is 0.910. The fourth-order valence-electron chi connectivity index (χ4n) is 3.23. The molecule has 108 valence electrons. The minimum Gasteiger partial charge on any atom is -0.325 e. The van der Waals surface area contributed by atoms with Crippen LogP contribution >= 0.6 is 0 Å². The second-order valence-corrected chi connectivity index (χ2v) is 6.32. The zero-order valence-electron chi connectivity index (χ0n) is 12.4. The molecule has 1 aromatic heterocycles. The van der Waals surface area contributed by atoms with E-state index in [0.717, 1.165) is 37.3 Å². The van der Waals surface area contributed by atoms with Crippen molar-refractivity contribution in [3.8, 4) is 0 Å². The molecule has 1 fully saturated rings. The van der Waals surface area contributed by atoms with Crippen LogP contribution in [0.25, 0.3) is 11.0 Å². The second kappa shape index (κ2) is 4.85. The number of imidazole rings is 1. The lowest BCUT2D eigenvalue weighted by Gasteiger charge is -2.34. The summed E-state index contributed by atoms with van der Waals surface area (Å²) in [6, 6.07) is 5.52. The summed E-state index contributed by atoms with van der Waals surface area (Å²) in [5.41, 5.74) is 1.45. The number of benzene rings is 1. The molecular formula is C16H22FN3. The van der Waals surface area contributed by atoms with Crippen LogP contribution < -0.4 is 5.32 Å². The molecule has 20 heavy (non-hydrogen) atoms. The molecule has 0 amide bonds. The molecule has 2 heterocycles. The number of nitrogens with zero attached hydrogens (tertiary/aromatic N) is 2. The Balaban J connectivity index is 2.24. The summed E-state index contributed by atoms with van der Waals surface area (Å²) in [6.07, 6.45) is 2.09. The maximum Gasteiger partial charge on any atom is 0.151 e. The average molecular weight is 275 g/mol. The Morgan fingerprint density at radius 1 is 1.30 bits per heavy atom. The van der Waals surface area contributed by atoms with Crippen molar-refractivity contribution >= 4 is 11.0 Å². The highest BCUT2D eigenvalue weighted by molar-refractivity contribution is 5.77. The molecule has 1 aliphatic heterocycles. The second-order valence-electron chi connectivity index (χ2n) is 6.32. The van der Waals surface area contributed by atoms with Gasteiger partial charge in [0, 0.05) is 11.5 Å². The van der Waals surface area contributed by atoms with Gasteiger partial charge in [0.1, 0.15) is 11.3 Å². The Kier molecular flexibility index (Phi) is 3.28. The summed E-state index contributed by atoms with van der Waals surface area (Å²) in [5, 5.41) is 3.39. The van der Waals surface area contributed by atoms with Gasteiger partial charge in [0.2, 0.25) is 0 Å². The first-order valence-electron chi connectivity index (χ1n) is 7.40. The first-order valence-corrected chi connectivity index (χ1v) is 7.40. The molecule has 0 bridgehead atoms. The normalized spacial score (nSPS) is 18.9. The van der Waals surface area contributed by atoms with Crippen LogP contribution in [0.4, 0.5) is 4.39 Å². The number of nitrogens with one attached hydrogen (secondary N) is 1. The van der Waals surface area contributed by atoms with Gasteiger partial charge in [0.05, 0.1) is 5.52 Å². The third-order valence-electron chi connectivity index (χ3n) is 4.43. The van der Waals surface area contributed by atoms with Crippen molar-refractivity contribution in [2.24, 2.45) is 0 Å². The largest absolute Gasteiger partial charge is 0.325 e. The molecule has 1 aromatic carbocycles. The van der Waals surface area contributed by atoms with Crippen LogP contribution in [0.1, 0.15) is 45.5 Å². The van der Waals surface area contributed by atoms with Gasteiger partial charge in [-0.05, 0) is 51.9 Å². The van der Waals surface area contributed by atoms with E-state index in [4.69, 9.17) is 0 Å². The number of rotatable bonds is 2. The van der Waals surface area contributed by atoms with Gasteiger partial charge in [-0.3, -0.25) is 0 Å². The lowest BCUT2D eigenvalue weighted by atomic mass is 9.80. The number of hydrogen-bond acceptors (Lipinski definition) is 2. The maximum atomic E-state index is 14.0. The molecule has 0 saturated carbocycles. The summed E-state index contributed by atoms with van der Waals surface area (Å²) < 4.78 is 16.3. The molecule has 4 heteroatoms. The lowest BCUT2D eigenvalue weighted by Crippen LogP contribution is -2.39. The molecule has 1 saturated heterocycles. The molecule has 0 radical (unpaired) electrons. The summed E-state index contributed by atoms with van der Waals surface area (Å²) in [7, 11) is 0. The zero-order valence-corrected chi connectivity index (χ0v) is 12.4. The molecule has 0 unspecified atom stereocenters. The van der Waals surface area contributed by atoms with Gasteiger partial charge < -0.3 is 9.88 Å². The van der Waals surface area contributed by atoms with Crippen LogP contribution in [0.5, 0.6) is 0 Å². The van der Waals surface area contributed by atoms with E-state index in [0.29, 0.717) is 5.52 Å². The summed E-state index contributed by atoms with van der Waals surface area (Å²) in [5.74, 6) is 0.815. The minimum atomic E-state index is -0.222. The van der Waals surface area contributed by atoms with E-state index < -0.39 is 0 Å². The van der Waals surface area contributed by atoms with Crippen LogP contribution in [0, 0.1) is 5.82 Å². The molecular weight excluding hydrogens is 253 g/mol. The van der Waals surface area contributed by atoms with E-state index in [1.807, 2.05) is 6.07 Å². The smallest absolute Gasteiger partial charge is 0.151 e. The summed E-state index contributed by atoms with van der Waals surface area (Å²) in [6.45, 7) is 8.53. The van der Waals surface area contributed by atoms with Crippen LogP contribution in [0.15, 0.2) is 18.2 Å². The van der Waals surface area contributed by atoms with E-state index in [1.165, 1.54) is 6.07 Å². The first-order chi connectivity index (χ1) is 9.53. The number of aromatic nitrogens is 2. The topological polar surface area (TPSA) is 29.9 Å². The summed E-state index contributed by atoms with van der Waals surface area (Å²) in [4.78, 5) is 4.69. The third-order valence-corrected chi connectivity index (χ3v) is 4.43. The zero-order chi connectivity index (χ0) is 14.3. The molecule has 1 N–H and O–H groups in total. The number of fused-ring (bicyclic) bond motifs is 1. The number of para-hydroxylation sites is 1. The Labute approximate surface area is 119 Å².